The lowest BCUT2D eigenvalue weighted by atomic mass is 9.90. The van der Waals surface area contributed by atoms with Crippen molar-refractivity contribution in [3.8, 4) is 11.5 Å². The third-order valence-corrected chi connectivity index (χ3v) is 5.74. The van der Waals surface area contributed by atoms with Crippen LogP contribution >= 0.6 is 0 Å². The van der Waals surface area contributed by atoms with Gasteiger partial charge in [-0.15, -0.1) is 0 Å². The smallest absolute Gasteiger partial charge is 0.321 e. The molecular weight excluding hydrogens is 382 g/mol. The highest BCUT2D eigenvalue weighted by molar-refractivity contribution is 5.96. The van der Waals surface area contributed by atoms with Gasteiger partial charge < -0.3 is 14.8 Å². The molecule has 1 aliphatic rings. The Balaban J connectivity index is 1.76. The van der Waals surface area contributed by atoms with E-state index in [4.69, 9.17) is 9.47 Å². The summed E-state index contributed by atoms with van der Waals surface area (Å²) in [5.74, 6) is 2.37. The Bertz CT molecular complexity index is 677. The van der Waals surface area contributed by atoms with E-state index < -0.39 is 6.03 Å². The van der Waals surface area contributed by atoms with Gasteiger partial charge in [0.05, 0.1) is 20.3 Å². The van der Waals surface area contributed by atoms with E-state index >= 15 is 0 Å². The number of rotatable bonds is 9. The standard InChI is InChI=1S/C23H37N3O4/c1-16(2)15-24-23(28)25-22(27)17(3)26-10-8-18(9-11-26)6-7-19-12-20(29-4)14-21(13-19)30-5/h12-14,16-18H,6-11,15H2,1-5H3,(H2,24,25,27,28). The predicted octanol–water partition coefficient (Wildman–Crippen LogP) is 3.22. The molecule has 7 nitrogen and oxygen atoms in total. The van der Waals surface area contributed by atoms with Gasteiger partial charge >= 0.3 is 6.03 Å². The number of carbonyl (C=O) groups is 2. The van der Waals surface area contributed by atoms with E-state index in [1.54, 1.807) is 14.2 Å². The van der Waals surface area contributed by atoms with Crippen LogP contribution in [0, 0.1) is 11.8 Å². The van der Waals surface area contributed by atoms with Gasteiger partial charge in [0.25, 0.3) is 0 Å². The number of likely N-dealkylation sites (tertiary alicyclic amines) is 1. The predicted molar refractivity (Wildman–Crippen MR) is 118 cm³/mol. The molecule has 0 aliphatic carbocycles. The third kappa shape index (κ3) is 7.52. The molecule has 0 radical (unpaired) electrons. The normalized spacial score (nSPS) is 16.2. The SMILES string of the molecule is COc1cc(CCC2CCN(C(C)C(=O)NC(=O)NCC(C)C)CC2)cc(OC)c1. The van der Waals surface area contributed by atoms with Gasteiger partial charge in [0, 0.05) is 12.6 Å². The first-order valence-electron chi connectivity index (χ1n) is 10.9. The first kappa shape index (κ1) is 24.0. The molecule has 1 aliphatic heterocycles. The molecule has 7 heteroatoms. The Morgan fingerprint density at radius 3 is 2.20 bits per heavy atom. The highest BCUT2D eigenvalue weighted by Crippen LogP contribution is 2.27. The summed E-state index contributed by atoms with van der Waals surface area (Å²) in [6.07, 6.45) is 4.18. The first-order valence-corrected chi connectivity index (χ1v) is 10.9. The van der Waals surface area contributed by atoms with E-state index in [1.807, 2.05) is 26.8 Å². The number of carbonyl (C=O) groups excluding carboxylic acids is 2. The average Bonchev–Trinajstić information content (AvgIpc) is 2.75. The van der Waals surface area contributed by atoms with Crippen molar-refractivity contribution in [1.29, 1.82) is 0 Å². The first-order chi connectivity index (χ1) is 14.3. The van der Waals surface area contributed by atoms with Crippen molar-refractivity contribution in [2.75, 3.05) is 33.9 Å². The maximum atomic E-state index is 12.4. The summed E-state index contributed by atoms with van der Waals surface area (Å²) < 4.78 is 10.7. The lowest BCUT2D eigenvalue weighted by molar-refractivity contribution is -0.125. The third-order valence-electron chi connectivity index (χ3n) is 5.74. The van der Waals surface area contributed by atoms with Crippen molar-refractivity contribution >= 4 is 11.9 Å². The number of aryl methyl sites for hydroxylation is 1. The van der Waals surface area contributed by atoms with Crippen LogP contribution in [0.3, 0.4) is 0 Å². The molecule has 0 aromatic heterocycles. The van der Waals surface area contributed by atoms with Gasteiger partial charge in [-0.05, 0) is 75.2 Å². The van der Waals surface area contributed by atoms with Gasteiger partial charge in [-0.3, -0.25) is 15.0 Å². The summed E-state index contributed by atoms with van der Waals surface area (Å²) in [5.41, 5.74) is 1.22. The number of imide groups is 1. The molecule has 2 rings (SSSR count). The van der Waals surface area contributed by atoms with E-state index in [1.165, 1.54) is 5.56 Å². The Labute approximate surface area is 180 Å². The van der Waals surface area contributed by atoms with Gasteiger partial charge in [-0.1, -0.05) is 13.8 Å². The van der Waals surface area contributed by atoms with Crippen molar-refractivity contribution in [2.45, 2.75) is 52.5 Å². The largest absolute Gasteiger partial charge is 0.497 e. The van der Waals surface area contributed by atoms with Crippen molar-refractivity contribution < 1.29 is 19.1 Å². The van der Waals surface area contributed by atoms with Crippen molar-refractivity contribution in [3.05, 3.63) is 23.8 Å². The fourth-order valence-electron chi connectivity index (χ4n) is 3.73. The average molecular weight is 420 g/mol. The quantitative estimate of drug-likeness (QED) is 0.642. The van der Waals surface area contributed by atoms with Crippen LogP contribution in [0.5, 0.6) is 11.5 Å². The number of nitrogens with one attached hydrogen (secondary N) is 2. The van der Waals surface area contributed by atoms with Crippen molar-refractivity contribution in [1.82, 2.24) is 15.5 Å². The topological polar surface area (TPSA) is 79.9 Å². The monoisotopic (exact) mass is 419 g/mol. The van der Waals surface area contributed by atoms with Crippen LogP contribution in [-0.2, 0) is 11.2 Å². The van der Waals surface area contributed by atoms with Gasteiger partial charge in [-0.2, -0.15) is 0 Å². The van der Waals surface area contributed by atoms with Crippen LogP contribution in [0.1, 0.15) is 45.6 Å². The van der Waals surface area contributed by atoms with Crippen LogP contribution in [0.2, 0.25) is 0 Å². The van der Waals surface area contributed by atoms with Crippen molar-refractivity contribution in [3.63, 3.8) is 0 Å². The fourth-order valence-corrected chi connectivity index (χ4v) is 3.73. The molecule has 30 heavy (non-hydrogen) atoms. The Hall–Kier alpha value is -2.28. The van der Waals surface area contributed by atoms with Gasteiger partial charge in [0.2, 0.25) is 5.91 Å². The van der Waals surface area contributed by atoms with E-state index in [-0.39, 0.29) is 11.9 Å². The van der Waals surface area contributed by atoms with Gasteiger partial charge in [0.1, 0.15) is 11.5 Å². The summed E-state index contributed by atoms with van der Waals surface area (Å²) >= 11 is 0. The molecule has 1 saturated heterocycles. The molecule has 1 unspecified atom stereocenters. The van der Waals surface area contributed by atoms with Crippen LogP contribution in [0.15, 0.2) is 18.2 Å². The summed E-state index contributed by atoms with van der Waals surface area (Å²) in [7, 11) is 3.33. The number of methoxy groups -OCH3 is 2. The fraction of sp³-hybridized carbons (Fsp3) is 0.652. The number of hydrogen-bond acceptors (Lipinski definition) is 5. The molecule has 0 spiro atoms. The number of nitrogens with zero attached hydrogens (tertiary/aromatic N) is 1. The van der Waals surface area contributed by atoms with E-state index in [0.29, 0.717) is 18.4 Å². The maximum absolute atomic E-state index is 12.4. The molecule has 1 atom stereocenters. The van der Waals surface area contributed by atoms with Crippen LogP contribution in [0.4, 0.5) is 4.79 Å². The second-order valence-electron chi connectivity index (χ2n) is 8.51. The van der Waals surface area contributed by atoms with E-state index in [2.05, 4.69) is 27.7 Å². The van der Waals surface area contributed by atoms with Crippen molar-refractivity contribution in [2.24, 2.45) is 11.8 Å². The van der Waals surface area contributed by atoms with Crippen LogP contribution < -0.4 is 20.1 Å². The molecule has 0 bridgehead atoms. The summed E-state index contributed by atoms with van der Waals surface area (Å²) in [4.78, 5) is 26.4. The maximum Gasteiger partial charge on any atom is 0.321 e. The summed E-state index contributed by atoms with van der Waals surface area (Å²) in [6, 6.07) is 5.29. The number of benzene rings is 1. The minimum absolute atomic E-state index is 0.238. The van der Waals surface area contributed by atoms with Crippen LogP contribution in [0.25, 0.3) is 0 Å². The summed E-state index contributed by atoms with van der Waals surface area (Å²) in [5, 5.41) is 5.18. The van der Waals surface area contributed by atoms with E-state index in [0.717, 1.165) is 50.3 Å². The Morgan fingerprint density at radius 2 is 1.67 bits per heavy atom. The van der Waals surface area contributed by atoms with E-state index in [9.17, 15) is 9.59 Å². The molecule has 1 heterocycles. The number of ether oxygens (including phenoxy) is 2. The summed E-state index contributed by atoms with van der Waals surface area (Å²) in [6.45, 7) is 8.19. The number of piperidine rings is 1. The minimum Gasteiger partial charge on any atom is -0.497 e. The molecule has 168 valence electrons. The molecule has 2 N–H and O–H groups in total. The molecule has 3 amide bonds. The number of hydrogen-bond donors (Lipinski definition) is 2. The molecular formula is C23H37N3O4. The molecule has 0 saturated carbocycles. The highest BCUT2D eigenvalue weighted by Gasteiger charge is 2.27. The molecule has 1 fully saturated rings. The molecule has 1 aromatic rings. The van der Waals surface area contributed by atoms with Gasteiger partial charge in [0.15, 0.2) is 0 Å². The number of urea groups is 1. The lowest BCUT2D eigenvalue weighted by Crippen LogP contribution is -2.51. The minimum atomic E-state index is -0.413. The second-order valence-corrected chi connectivity index (χ2v) is 8.51. The number of amides is 3. The van der Waals surface area contributed by atoms with Crippen LogP contribution in [-0.4, -0.2) is 56.7 Å². The Kier molecular flexibility index (Phi) is 9.43. The molecule has 1 aromatic carbocycles. The zero-order valence-electron chi connectivity index (χ0n) is 19.0. The second kappa shape index (κ2) is 11.8. The lowest BCUT2D eigenvalue weighted by Gasteiger charge is -2.35. The zero-order chi connectivity index (χ0) is 22.1. The highest BCUT2D eigenvalue weighted by atomic mass is 16.5. The zero-order valence-corrected chi connectivity index (χ0v) is 19.0. The Morgan fingerprint density at radius 1 is 1.07 bits per heavy atom. The van der Waals surface area contributed by atoms with Gasteiger partial charge in [-0.25, -0.2) is 4.79 Å².